The molecule has 4 fully saturated rings. The van der Waals surface area contributed by atoms with Crippen LogP contribution >= 0.6 is 12.0 Å². The van der Waals surface area contributed by atoms with Crippen LogP contribution < -0.4 is 27.2 Å². The largest absolute Gasteiger partial charge is 0.479 e. The Morgan fingerprint density at radius 1 is 0.792 bits per heavy atom. The summed E-state index contributed by atoms with van der Waals surface area (Å²) in [6, 6.07) is 11.3. The maximum Gasteiger partial charge on any atom is 0.338 e. The summed E-state index contributed by atoms with van der Waals surface area (Å²) >= 11 is 0.447. The van der Waals surface area contributed by atoms with Crippen molar-refractivity contribution < 1.29 is 138 Å². The van der Waals surface area contributed by atoms with E-state index >= 15 is 0 Å². The van der Waals surface area contributed by atoms with Crippen LogP contribution in [0, 0.1) is 11.8 Å². The van der Waals surface area contributed by atoms with Gasteiger partial charge < -0.3 is 89.5 Å². The first-order chi connectivity index (χ1) is 47.9. The number of amides is 2. The van der Waals surface area contributed by atoms with Crippen molar-refractivity contribution in [1.82, 2.24) is 20.6 Å². The molecule has 1 aromatic heterocycles. The van der Waals surface area contributed by atoms with Gasteiger partial charge in [0.05, 0.1) is 67.1 Å². The van der Waals surface area contributed by atoms with E-state index < -0.39 is 169 Å². The number of likely N-dealkylation sites (N-methyl/N-ethyl adjacent to an activating group) is 1. The second-order valence-corrected chi connectivity index (χ2v) is 27.8. The molecule has 3 heterocycles. The SMILES string of the molecule is CCCCC(=O)C1CC(NC(=O)c2cc(=O)[nH]c(=O)[nH]2)C(OC2OC(C)C(O)C(O)C2O)C(OC2OC(CO)C(O)C(O[C@@H](CC3CCCCC3)C(=O)O)C2OC(=O)c2ccccc2)C1.CNC(=O)COCCOCC(=O)CNc1cc(SOOO)cc2cc(S(=O)(=O)O)cc(S(=O)(=O)O)c12. The number of benzene rings is 3. The Morgan fingerprint density at radius 2 is 1.50 bits per heavy atom. The highest BCUT2D eigenvalue weighted by atomic mass is 32.2. The van der Waals surface area contributed by atoms with Gasteiger partial charge in [-0.3, -0.25) is 38.1 Å². The Labute approximate surface area is 581 Å². The Morgan fingerprint density at radius 3 is 2.13 bits per heavy atom. The lowest BCUT2D eigenvalue weighted by atomic mass is 9.78. The number of rotatable bonds is 33. The third kappa shape index (κ3) is 23.1. The summed E-state index contributed by atoms with van der Waals surface area (Å²) in [5.74, 6) is -5.23. The molecule has 15 atom stereocenters. The normalized spacial score (nSPS) is 26.0. The van der Waals surface area contributed by atoms with E-state index in [-0.39, 0.29) is 103 Å². The number of fused-ring (bicyclic) bond motifs is 1. The molecule has 0 spiro atoms. The van der Waals surface area contributed by atoms with Gasteiger partial charge in [0.1, 0.15) is 72.3 Å². The molecule has 560 valence electrons. The number of aliphatic hydroxyl groups excluding tert-OH is 5. The van der Waals surface area contributed by atoms with Crippen LogP contribution in [0.25, 0.3) is 10.8 Å². The highest BCUT2D eigenvalue weighted by Crippen LogP contribution is 2.40. The van der Waals surface area contributed by atoms with Crippen molar-refractivity contribution in [2.75, 3.05) is 51.9 Å². The number of aromatic amines is 2. The molecule has 39 heteroatoms. The molecular weight excluding hydrogens is 1410 g/mol. The van der Waals surface area contributed by atoms with Crippen molar-refractivity contribution in [1.29, 1.82) is 0 Å². The number of carboxylic acid groups (broad SMARTS) is 1. The number of hydrogen-bond acceptors (Lipinski definition) is 30. The molecule has 0 radical (unpaired) electrons. The topological polar surface area (TPSA) is 547 Å². The van der Waals surface area contributed by atoms with E-state index in [0.717, 1.165) is 44.2 Å². The second-order valence-electron chi connectivity index (χ2n) is 24.2. The van der Waals surface area contributed by atoms with E-state index in [1.807, 2.05) is 11.9 Å². The highest BCUT2D eigenvalue weighted by Gasteiger charge is 2.54. The summed E-state index contributed by atoms with van der Waals surface area (Å²) < 4.78 is 118. The number of ether oxygens (including phenoxy) is 8. The predicted molar refractivity (Wildman–Crippen MR) is 347 cm³/mol. The van der Waals surface area contributed by atoms with E-state index in [1.54, 1.807) is 18.2 Å². The number of carbonyl (C=O) groups excluding carboxylic acids is 5. The molecule has 2 aliphatic carbocycles. The van der Waals surface area contributed by atoms with Gasteiger partial charge in [-0.2, -0.15) is 16.8 Å². The molecule has 101 heavy (non-hydrogen) atoms. The summed E-state index contributed by atoms with van der Waals surface area (Å²) in [6.45, 7) is 1.61. The number of aromatic nitrogens is 2. The number of carbonyl (C=O) groups is 6. The number of carboxylic acids is 1. The van der Waals surface area contributed by atoms with Gasteiger partial charge in [-0.1, -0.05) is 68.7 Å². The summed E-state index contributed by atoms with van der Waals surface area (Å²) in [4.78, 5) is 105. The zero-order chi connectivity index (χ0) is 73.9. The standard InChI is InChI=1S/C44H61N3O18.C18H22N2O13S3/c1-3-4-15-27(49)24-17-25(45-39(55)26-19-31(50)47-44(59)46-26)36(65-42-35(54)34(53)32(51)21(2)60-42)28(18-24)62-43-38(64-41(58)23-13-9-6-10-14-23)37(33(52)30(20-48)63-43)61-29(40(56)57)16-22-11-7-5-8-12-22;1-19-17(22)10-31-3-2-30-9-12(21)8-20-15-6-13(34-33-32-23)4-11-5-14(35(24,25)26)7-16(18(11)15)36(27,28)29/h6,9-10,13-14,19,21-22,24-25,28-30,32-38,42-43,48,51-54H,3-5,7-8,11-12,15-18,20H2,1-2H3,(H,45,55)(H,56,57)(H2,46,47,50,59);4-7,20,23H,2-3,8-10H2,1H3,(H,19,22)(H,24,25,26)(H,27,28,29)/t21?,24?,25?,28?,29-,30?,32?,33?,34?,35?,36?,37?,38?,42?,43?;/m0./s1. The number of Topliss-reactive ketones (excluding diaryl/α,β-unsaturated/α-hetero) is 2. The van der Waals surface area contributed by atoms with Gasteiger partial charge in [0.15, 0.2) is 30.6 Å². The van der Waals surface area contributed by atoms with Crippen molar-refractivity contribution in [2.24, 2.45) is 11.8 Å². The minimum Gasteiger partial charge on any atom is -0.479 e. The van der Waals surface area contributed by atoms with E-state index in [0.29, 0.717) is 31.0 Å². The molecule has 14 unspecified atom stereocenters. The average Bonchev–Trinajstić information content (AvgIpc) is 0.763. The van der Waals surface area contributed by atoms with Gasteiger partial charge in [0.25, 0.3) is 31.7 Å². The molecule has 3 aromatic carbocycles. The summed E-state index contributed by atoms with van der Waals surface area (Å²) in [7, 11) is -8.43. The van der Waals surface area contributed by atoms with Crippen LogP contribution in [0.3, 0.4) is 0 Å². The van der Waals surface area contributed by atoms with Gasteiger partial charge >= 0.3 is 17.6 Å². The molecule has 2 amide bonds. The zero-order valence-electron chi connectivity index (χ0n) is 54.8. The number of anilines is 1. The van der Waals surface area contributed by atoms with Crippen molar-refractivity contribution in [3.63, 3.8) is 0 Å². The van der Waals surface area contributed by atoms with Crippen molar-refractivity contribution in [3.8, 4) is 0 Å². The fourth-order valence-electron chi connectivity index (χ4n) is 11.9. The highest BCUT2D eigenvalue weighted by molar-refractivity contribution is 7.94. The zero-order valence-corrected chi connectivity index (χ0v) is 57.2. The van der Waals surface area contributed by atoms with E-state index in [4.69, 9.17) is 43.2 Å². The fourth-order valence-corrected chi connectivity index (χ4v) is 13.7. The van der Waals surface area contributed by atoms with Gasteiger partial charge in [0.2, 0.25) is 5.91 Å². The number of ketones is 2. The van der Waals surface area contributed by atoms with Crippen molar-refractivity contribution >= 4 is 84.1 Å². The lowest BCUT2D eigenvalue weighted by Crippen LogP contribution is -2.65. The summed E-state index contributed by atoms with van der Waals surface area (Å²) in [5.41, 5.74) is -2.33. The minimum absolute atomic E-state index is 0.0155. The molecule has 14 N–H and O–H groups in total. The summed E-state index contributed by atoms with van der Waals surface area (Å²) in [6.07, 6.45) is -15.6. The molecule has 2 saturated heterocycles. The smallest absolute Gasteiger partial charge is 0.338 e. The molecule has 4 aliphatic rings. The molecule has 0 bridgehead atoms. The first-order valence-electron chi connectivity index (χ1n) is 32.0. The van der Waals surface area contributed by atoms with Crippen LogP contribution in [-0.4, -0.2) is 240 Å². The third-order valence-electron chi connectivity index (χ3n) is 17.0. The number of nitrogens with one attached hydrogen (secondary N) is 5. The van der Waals surface area contributed by atoms with E-state index in [2.05, 4.69) is 30.3 Å². The maximum atomic E-state index is 13.9. The quantitative estimate of drug-likeness (QED) is 0.00774. The van der Waals surface area contributed by atoms with Crippen LogP contribution in [0.5, 0.6) is 0 Å². The minimum atomic E-state index is -5.00. The Kier molecular flexibility index (Phi) is 30.7. The first-order valence-corrected chi connectivity index (χ1v) is 35.7. The Bertz CT molecular complexity index is 3800. The third-order valence-corrected chi connectivity index (χ3v) is 19.3. The summed E-state index contributed by atoms with van der Waals surface area (Å²) in [5, 5.41) is 84.3. The van der Waals surface area contributed by atoms with Gasteiger partial charge in [-0.05, 0) is 80.3 Å². The van der Waals surface area contributed by atoms with Crippen molar-refractivity contribution in [2.45, 2.75) is 185 Å². The number of hydrogen-bond donors (Lipinski definition) is 14. The lowest BCUT2D eigenvalue weighted by Gasteiger charge is -2.49. The van der Waals surface area contributed by atoms with E-state index in [9.17, 15) is 94.9 Å². The number of esters is 1. The Hall–Kier alpha value is -6.81. The monoisotopic (exact) mass is 1490 g/mol. The van der Waals surface area contributed by atoms with Gasteiger partial charge in [-0.15, -0.1) is 4.33 Å². The number of aliphatic hydroxyl groups is 5. The van der Waals surface area contributed by atoms with Crippen LogP contribution in [-0.2, 0) is 86.7 Å². The molecule has 36 nitrogen and oxygen atoms in total. The molecule has 2 aliphatic heterocycles. The lowest BCUT2D eigenvalue weighted by molar-refractivity contribution is -0.432. The number of aliphatic carboxylic acids is 1. The predicted octanol–water partition coefficient (Wildman–Crippen LogP) is 0.563. The Balaban J connectivity index is 0.000000336. The van der Waals surface area contributed by atoms with E-state index in [1.165, 1.54) is 38.2 Å². The van der Waals surface area contributed by atoms with Gasteiger partial charge in [-0.25, -0.2) is 19.6 Å². The molecule has 2 saturated carbocycles. The van der Waals surface area contributed by atoms with Crippen LogP contribution in [0.1, 0.15) is 105 Å². The maximum absolute atomic E-state index is 13.9. The first kappa shape index (κ1) is 81.5. The molecule has 8 rings (SSSR count). The van der Waals surface area contributed by atoms with Crippen molar-refractivity contribution in [3.05, 3.63) is 92.8 Å². The van der Waals surface area contributed by atoms with Crippen LogP contribution in [0.15, 0.2) is 84.9 Å². The average molecular weight is 1490 g/mol. The number of unbranched alkanes of at least 4 members (excludes halogenated alkanes) is 1. The van der Waals surface area contributed by atoms with Gasteiger partial charge in [0, 0.05) is 41.4 Å². The second kappa shape index (κ2) is 38.1. The van der Waals surface area contributed by atoms with Crippen LogP contribution in [0.2, 0.25) is 0 Å². The molecular formula is C62H83N5O31S3. The van der Waals surface area contributed by atoms with Crippen LogP contribution in [0.4, 0.5) is 5.69 Å². The fraction of sp³-hybridized carbons (Fsp3) is 0.581. The number of H-pyrrole nitrogens is 2. The molecule has 4 aromatic rings.